The van der Waals surface area contributed by atoms with Gasteiger partial charge in [0.05, 0.1) is 0 Å². The average molecular weight is 245 g/mol. The Morgan fingerprint density at radius 2 is 2.11 bits per heavy atom. The summed E-state index contributed by atoms with van der Waals surface area (Å²) in [4.78, 5) is 2.29. The third kappa shape index (κ3) is 3.25. The predicted octanol–water partition coefficient (Wildman–Crippen LogP) is 2.41. The van der Waals surface area contributed by atoms with Crippen LogP contribution in [0.15, 0.2) is 29.4 Å². The van der Waals surface area contributed by atoms with E-state index in [1.165, 1.54) is 29.8 Å². The highest BCUT2D eigenvalue weighted by atomic mass is 15.3. The Morgan fingerprint density at radius 1 is 1.39 bits per heavy atom. The topological polar surface area (TPSA) is 27.6 Å². The van der Waals surface area contributed by atoms with Crippen molar-refractivity contribution in [3.05, 3.63) is 35.4 Å². The predicted molar refractivity (Wildman–Crippen MR) is 76.7 cm³/mol. The van der Waals surface area contributed by atoms with Crippen LogP contribution in [-0.2, 0) is 6.42 Å². The molecule has 0 aliphatic heterocycles. The number of nitrogens with one attached hydrogen (secondary N) is 1. The van der Waals surface area contributed by atoms with E-state index >= 15 is 0 Å². The summed E-state index contributed by atoms with van der Waals surface area (Å²) in [6.07, 6.45) is 3.66. The molecule has 3 heteroatoms. The summed E-state index contributed by atoms with van der Waals surface area (Å²) >= 11 is 0. The molecular formula is C15H23N3. The molecule has 2 rings (SSSR count). The summed E-state index contributed by atoms with van der Waals surface area (Å²) in [6.45, 7) is 3.21. The van der Waals surface area contributed by atoms with E-state index in [-0.39, 0.29) is 0 Å². The maximum absolute atomic E-state index is 4.41. The van der Waals surface area contributed by atoms with Crippen LogP contribution < -0.4 is 5.43 Å². The number of likely N-dealkylation sites (N-methyl/N-ethyl adjacent to an activating group) is 1. The van der Waals surface area contributed by atoms with Crippen molar-refractivity contribution >= 4 is 5.84 Å². The molecule has 1 aromatic carbocycles. The second-order valence-corrected chi connectivity index (χ2v) is 5.07. The fourth-order valence-corrected chi connectivity index (χ4v) is 2.24. The van der Waals surface area contributed by atoms with Crippen LogP contribution in [0.5, 0.6) is 0 Å². The molecule has 1 aliphatic rings. The number of nitrogens with zero attached hydrogens (tertiary/aromatic N) is 2. The van der Waals surface area contributed by atoms with Crippen LogP contribution in [0.1, 0.15) is 24.0 Å². The maximum Gasteiger partial charge on any atom is 0.127 e. The third-order valence-electron chi connectivity index (χ3n) is 3.54. The Balaban J connectivity index is 1.93. The zero-order valence-corrected chi connectivity index (χ0v) is 11.6. The van der Waals surface area contributed by atoms with E-state index in [1.807, 2.05) is 7.05 Å². The molecule has 0 aromatic heterocycles. The Morgan fingerprint density at radius 3 is 2.72 bits per heavy atom. The minimum absolute atomic E-state index is 0.680. The van der Waals surface area contributed by atoms with Crippen molar-refractivity contribution in [2.75, 3.05) is 20.6 Å². The lowest BCUT2D eigenvalue weighted by molar-refractivity contribution is 0.487. The van der Waals surface area contributed by atoms with Crippen molar-refractivity contribution in [2.24, 2.45) is 11.0 Å². The third-order valence-corrected chi connectivity index (χ3v) is 3.54. The van der Waals surface area contributed by atoms with Crippen LogP contribution in [0, 0.1) is 12.8 Å². The molecule has 1 aliphatic carbocycles. The van der Waals surface area contributed by atoms with E-state index in [2.05, 4.69) is 53.7 Å². The minimum atomic E-state index is 0.680. The van der Waals surface area contributed by atoms with Crippen LogP contribution in [0.4, 0.5) is 0 Å². The van der Waals surface area contributed by atoms with Crippen molar-refractivity contribution in [3.8, 4) is 0 Å². The maximum atomic E-state index is 4.41. The molecule has 1 fully saturated rings. The molecule has 0 bridgehead atoms. The van der Waals surface area contributed by atoms with Gasteiger partial charge in [0.2, 0.25) is 0 Å². The number of aryl methyl sites for hydroxylation is 1. The lowest BCUT2D eigenvalue weighted by Crippen LogP contribution is -2.32. The summed E-state index contributed by atoms with van der Waals surface area (Å²) in [6, 6.07) is 8.61. The van der Waals surface area contributed by atoms with E-state index in [4.69, 9.17) is 0 Å². The molecule has 1 aromatic rings. The number of amidine groups is 1. The highest BCUT2D eigenvalue weighted by Gasteiger charge is 2.30. The van der Waals surface area contributed by atoms with Gasteiger partial charge in [0.25, 0.3) is 0 Å². The van der Waals surface area contributed by atoms with Crippen LogP contribution in [0.25, 0.3) is 0 Å². The molecule has 0 amide bonds. The van der Waals surface area contributed by atoms with Gasteiger partial charge >= 0.3 is 0 Å². The van der Waals surface area contributed by atoms with E-state index in [9.17, 15) is 0 Å². The van der Waals surface area contributed by atoms with Gasteiger partial charge in [-0.1, -0.05) is 24.3 Å². The molecular weight excluding hydrogens is 222 g/mol. The number of rotatable bonds is 5. The molecule has 0 atom stereocenters. The molecule has 0 radical (unpaired) electrons. The summed E-state index contributed by atoms with van der Waals surface area (Å²) < 4.78 is 0. The molecule has 0 unspecified atom stereocenters. The number of benzene rings is 1. The molecule has 0 heterocycles. The normalized spacial score (nSPS) is 15.6. The van der Waals surface area contributed by atoms with Gasteiger partial charge in [-0.25, -0.2) is 0 Å². The lowest BCUT2D eigenvalue weighted by Gasteiger charge is -2.21. The minimum Gasteiger partial charge on any atom is -0.361 e. The zero-order chi connectivity index (χ0) is 13.0. The van der Waals surface area contributed by atoms with Gasteiger partial charge in [0.15, 0.2) is 0 Å². The fourth-order valence-electron chi connectivity index (χ4n) is 2.24. The molecule has 1 saturated carbocycles. The Bertz CT molecular complexity index is 422. The molecule has 18 heavy (non-hydrogen) atoms. The molecule has 3 nitrogen and oxygen atoms in total. The standard InChI is InChI=1S/C15H23N3/c1-12-6-4-5-7-13(12)10-11-18(3)15(17-16-2)14-8-9-14/h4-7,14,16H,8-11H2,1-3H3/b17-15-. The Hall–Kier alpha value is -1.51. The Kier molecular flexibility index (Phi) is 4.24. The monoisotopic (exact) mass is 245 g/mol. The van der Waals surface area contributed by atoms with Crippen LogP contribution >= 0.6 is 0 Å². The SMILES string of the molecule is CN/N=C(/C1CC1)N(C)CCc1ccccc1C. The molecule has 98 valence electrons. The van der Waals surface area contributed by atoms with Gasteiger partial charge in [-0.05, 0) is 37.3 Å². The van der Waals surface area contributed by atoms with Crippen LogP contribution in [-0.4, -0.2) is 31.4 Å². The fraction of sp³-hybridized carbons (Fsp3) is 0.533. The summed E-state index contributed by atoms with van der Waals surface area (Å²) in [5.74, 6) is 1.89. The van der Waals surface area contributed by atoms with Gasteiger partial charge in [-0.2, -0.15) is 5.10 Å². The van der Waals surface area contributed by atoms with E-state index in [0.717, 1.165) is 13.0 Å². The number of hydrogen-bond acceptors (Lipinski definition) is 2. The highest BCUT2D eigenvalue weighted by Crippen LogP contribution is 2.31. The summed E-state index contributed by atoms with van der Waals surface area (Å²) in [5.41, 5.74) is 5.74. The first-order valence-corrected chi connectivity index (χ1v) is 6.72. The quantitative estimate of drug-likeness (QED) is 0.490. The van der Waals surface area contributed by atoms with Crippen molar-refractivity contribution < 1.29 is 0 Å². The van der Waals surface area contributed by atoms with Gasteiger partial charge in [-0.3, -0.25) is 0 Å². The second kappa shape index (κ2) is 5.89. The lowest BCUT2D eigenvalue weighted by atomic mass is 10.1. The van der Waals surface area contributed by atoms with Crippen molar-refractivity contribution in [1.29, 1.82) is 0 Å². The molecule has 0 saturated heterocycles. The summed E-state index contributed by atoms with van der Waals surface area (Å²) in [5, 5.41) is 4.41. The number of hydrazone groups is 1. The van der Waals surface area contributed by atoms with Gasteiger partial charge < -0.3 is 10.3 Å². The summed E-state index contributed by atoms with van der Waals surface area (Å²) in [7, 11) is 4.02. The first kappa shape index (κ1) is 12.9. The smallest absolute Gasteiger partial charge is 0.127 e. The first-order valence-electron chi connectivity index (χ1n) is 6.72. The van der Waals surface area contributed by atoms with E-state index < -0.39 is 0 Å². The average Bonchev–Trinajstić information content (AvgIpc) is 3.19. The Labute approximate surface area is 110 Å². The molecule has 0 spiro atoms. The van der Waals surface area contributed by atoms with E-state index in [1.54, 1.807) is 0 Å². The van der Waals surface area contributed by atoms with Crippen molar-refractivity contribution in [2.45, 2.75) is 26.2 Å². The number of hydrogen-bond donors (Lipinski definition) is 1. The highest BCUT2D eigenvalue weighted by molar-refractivity contribution is 5.86. The van der Waals surface area contributed by atoms with Crippen LogP contribution in [0.2, 0.25) is 0 Å². The van der Waals surface area contributed by atoms with Gasteiger partial charge in [0, 0.05) is 26.6 Å². The van der Waals surface area contributed by atoms with Crippen LogP contribution in [0.3, 0.4) is 0 Å². The van der Waals surface area contributed by atoms with Gasteiger partial charge in [-0.15, -0.1) is 0 Å². The van der Waals surface area contributed by atoms with Gasteiger partial charge in [0.1, 0.15) is 5.84 Å². The second-order valence-electron chi connectivity index (χ2n) is 5.07. The molecule has 1 N–H and O–H groups in total. The van der Waals surface area contributed by atoms with Crippen molar-refractivity contribution in [3.63, 3.8) is 0 Å². The van der Waals surface area contributed by atoms with Crippen molar-refractivity contribution in [1.82, 2.24) is 10.3 Å². The first-order chi connectivity index (χ1) is 8.72. The largest absolute Gasteiger partial charge is 0.361 e. The van der Waals surface area contributed by atoms with E-state index in [0.29, 0.717) is 5.92 Å². The zero-order valence-electron chi connectivity index (χ0n) is 11.6.